The number of hydrogen-bond donors (Lipinski definition) is 2. The number of alkyl carbamates (subject to hydrolysis) is 1. The molecule has 150 valence electrons. The minimum Gasteiger partial charge on any atom is -0.477 e. The number of carbonyl (C=O) groups excluding carboxylic acids is 1. The third-order valence-electron chi connectivity index (χ3n) is 4.99. The Bertz CT molecular complexity index is 1080. The van der Waals surface area contributed by atoms with E-state index in [4.69, 9.17) is 9.84 Å². The van der Waals surface area contributed by atoms with Crippen molar-refractivity contribution in [3.63, 3.8) is 0 Å². The number of pyridine rings is 1. The highest BCUT2D eigenvalue weighted by molar-refractivity contribution is 5.85. The van der Waals surface area contributed by atoms with Gasteiger partial charge in [-0.3, -0.25) is 0 Å². The maximum atomic E-state index is 12.1. The van der Waals surface area contributed by atoms with Crippen LogP contribution in [0.15, 0.2) is 72.8 Å². The van der Waals surface area contributed by atoms with Gasteiger partial charge in [0.05, 0.1) is 5.69 Å². The highest BCUT2D eigenvalue weighted by atomic mass is 16.5. The van der Waals surface area contributed by atoms with Gasteiger partial charge in [-0.1, -0.05) is 60.7 Å². The van der Waals surface area contributed by atoms with Crippen LogP contribution in [0.1, 0.15) is 33.2 Å². The first-order valence-corrected chi connectivity index (χ1v) is 9.59. The van der Waals surface area contributed by atoms with E-state index >= 15 is 0 Å². The Balaban J connectivity index is 1.32. The van der Waals surface area contributed by atoms with Crippen LogP contribution >= 0.6 is 0 Å². The summed E-state index contributed by atoms with van der Waals surface area (Å²) >= 11 is 0. The van der Waals surface area contributed by atoms with Crippen molar-refractivity contribution >= 4 is 18.1 Å². The second-order valence-electron chi connectivity index (χ2n) is 6.86. The zero-order valence-corrected chi connectivity index (χ0v) is 16.1. The molecule has 0 unspecified atom stereocenters. The van der Waals surface area contributed by atoms with Gasteiger partial charge in [-0.15, -0.1) is 0 Å². The van der Waals surface area contributed by atoms with Gasteiger partial charge in [-0.25, -0.2) is 14.6 Å². The Hall–Kier alpha value is -3.93. The van der Waals surface area contributed by atoms with Crippen LogP contribution in [0.5, 0.6) is 0 Å². The quantitative estimate of drug-likeness (QED) is 0.643. The molecule has 0 atom stereocenters. The van der Waals surface area contributed by atoms with Crippen molar-refractivity contribution in [1.29, 1.82) is 0 Å². The van der Waals surface area contributed by atoms with Crippen molar-refractivity contribution in [2.75, 3.05) is 13.2 Å². The van der Waals surface area contributed by atoms with Gasteiger partial charge in [0.2, 0.25) is 0 Å². The molecule has 6 heteroatoms. The number of hydrogen-bond acceptors (Lipinski definition) is 4. The van der Waals surface area contributed by atoms with Crippen molar-refractivity contribution in [3.8, 4) is 11.1 Å². The molecule has 1 aromatic heterocycles. The second kappa shape index (κ2) is 8.61. The molecule has 0 bridgehead atoms. The van der Waals surface area contributed by atoms with Gasteiger partial charge >= 0.3 is 12.1 Å². The van der Waals surface area contributed by atoms with Crippen LogP contribution in [-0.2, 0) is 4.74 Å². The summed E-state index contributed by atoms with van der Waals surface area (Å²) in [4.78, 5) is 27.1. The first-order chi connectivity index (χ1) is 14.6. The predicted octanol–water partition coefficient (Wildman–Crippen LogP) is 4.33. The number of nitrogens with zero attached hydrogens (tertiary/aromatic N) is 1. The number of nitrogens with one attached hydrogen (secondary N) is 1. The van der Waals surface area contributed by atoms with E-state index in [2.05, 4.69) is 34.6 Å². The van der Waals surface area contributed by atoms with Crippen LogP contribution in [0.3, 0.4) is 0 Å². The molecule has 0 saturated heterocycles. The number of amides is 1. The van der Waals surface area contributed by atoms with Crippen LogP contribution in [0.25, 0.3) is 17.2 Å². The summed E-state index contributed by atoms with van der Waals surface area (Å²) < 4.78 is 5.47. The van der Waals surface area contributed by atoms with E-state index in [0.717, 1.165) is 11.1 Å². The lowest BCUT2D eigenvalue weighted by Crippen LogP contribution is -2.26. The van der Waals surface area contributed by atoms with Crippen molar-refractivity contribution < 1.29 is 19.4 Å². The summed E-state index contributed by atoms with van der Waals surface area (Å²) in [6.45, 7) is 0.501. The number of fused-ring (bicyclic) bond motifs is 3. The average Bonchev–Trinajstić information content (AvgIpc) is 3.09. The van der Waals surface area contributed by atoms with Crippen molar-refractivity contribution in [3.05, 3.63) is 95.3 Å². The van der Waals surface area contributed by atoms with E-state index in [9.17, 15) is 9.59 Å². The fraction of sp³-hybridized carbons (Fsp3) is 0.125. The van der Waals surface area contributed by atoms with Gasteiger partial charge in [0, 0.05) is 12.5 Å². The van der Waals surface area contributed by atoms with E-state index in [-0.39, 0.29) is 24.8 Å². The molecule has 1 heterocycles. The molecule has 0 saturated carbocycles. The first-order valence-electron chi connectivity index (χ1n) is 9.59. The van der Waals surface area contributed by atoms with Crippen LogP contribution in [-0.4, -0.2) is 35.3 Å². The lowest BCUT2D eigenvalue weighted by Gasteiger charge is -2.14. The minimum absolute atomic E-state index is 0.0154. The summed E-state index contributed by atoms with van der Waals surface area (Å²) in [5.41, 5.74) is 5.17. The summed E-state index contributed by atoms with van der Waals surface area (Å²) in [6, 6.07) is 21.1. The summed E-state index contributed by atoms with van der Waals surface area (Å²) in [5.74, 6) is -1.07. The molecule has 0 fully saturated rings. The molecule has 2 aromatic carbocycles. The highest BCUT2D eigenvalue weighted by Gasteiger charge is 2.28. The average molecular weight is 400 g/mol. The molecule has 2 N–H and O–H groups in total. The molecular formula is C24H20N2O4. The number of ether oxygens (including phenoxy) is 1. The van der Waals surface area contributed by atoms with Crippen LogP contribution in [0, 0.1) is 0 Å². The molecule has 1 aliphatic carbocycles. The van der Waals surface area contributed by atoms with E-state index in [1.54, 1.807) is 24.3 Å². The molecule has 1 aliphatic rings. The van der Waals surface area contributed by atoms with Crippen LogP contribution < -0.4 is 5.32 Å². The maximum Gasteiger partial charge on any atom is 0.407 e. The second-order valence-corrected chi connectivity index (χ2v) is 6.86. The zero-order chi connectivity index (χ0) is 20.9. The largest absolute Gasteiger partial charge is 0.477 e. The van der Waals surface area contributed by atoms with E-state index < -0.39 is 12.1 Å². The third-order valence-corrected chi connectivity index (χ3v) is 4.99. The van der Waals surface area contributed by atoms with Crippen molar-refractivity contribution in [2.24, 2.45) is 0 Å². The summed E-state index contributed by atoms with van der Waals surface area (Å²) in [6.07, 6.45) is 2.83. The predicted molar refractivity (Wildman–Crippen MR) is 113 cm³/mol. The highest BCUT2D eigenvalue weighted by Crippen LogP contribution is 2.44. The molecule has 6 nitrogen and oxygen atoms in total. The Labute approximate surface area is 173 Å². The standard InChI is InChI=1S/C24H20N2O4/c27-23(28)22-13-5-7-16(26-22)8-6-14-25-24(29)30-15-21-19-11-3-1-9-17(19)18-10-2-4-12-20(18)21/h1-13,21H,14-15H2,(H,25,29)(H,27,28). The molecule has 0 aliphatic heterocycles. The molecular weight excluding hydrogens is 380 g/mol. The Morgan fingerprint density at radius 1 is 0.967 bits per heavy atom. The fourth-order valence-electron chi connectivity index (χ4n) is 3.63. The van der Waals surface area contributed by atoms with Gasteiger partial charge < -0.3 is 15.2 Å². The number of aromatic nitrogens is 1. The normalized spacial score (nSPS) is 12.4. The molecule has 0 radical (unpaired) electrons. The van der Waals surface area contributed by atoms with Crippen LogP contribution in [0.2, 0.25) is 0 Å². The number of carboxylic acid groups (broad SMARTS) is 1. The van der Waals surface area contributed by atoms with E-state index in [0.29, 0.717) is 5.69 Å². The number of carboxylic acids is 1. The molecule has 30 heavy (non-hydrogen) atoms. The monoisotopic (exact) mass is 400 g/mol. The van der Waals surface area contributed by atoms with Crippen molar-refractivity contribution in [2.45, 2.75) is 5.92 Å². The van der Waals surface area contributed by atoms with E-state index in [1.807, 2.05) is 24.3 Å². The van der Waals surface area contributed by atoms with Crippen molar-refractivity contribution in [1.82, 2.24) is 10.3 Å². The fourth-order valence-corrected chi connectivity index (χ4v) is 3.63. The Kier molecular flexibility index (Phi) is 5.57. The van der Waals surface area contributed by atoms with E-state index in [1.165, 1.54) is 17.2 Å². The van der Waals surface area contributed by atoms with Gasteiger partial charge in [0.25, 0.3) is 0 Å². The van der Waals surface area contributed by atoms with Gasteiger partial charge in [0.15, 0.2) is 0 Å². The Morgan fingerprint density at radius 3 is 2.30 bits per heavy atom. The summed E-state index contributed by atoms with van der Waals surface area (Å²) in [5, 5.41) is 11.6. The number of carbonyl (C=O) groups is 2. The van der Waals surface area contributed by atoms with Gasteiger partial charge in [-0.05, 0) is 40.5 Å². The van der Waals surface area contributed by atoms with Gasteiger partial charge in [-0.2, -0.15) is 0 Å². The number of rotatable bonds is 6. The topological polar surface area (TPSA) is 88.5 Å². The SMILES string of the molecule is O=C(NCC=Cc1cccc(C(=O)O)n1)OCC1c2ccccc2-c2ccccc21. The summed E-state index contributed by atoms with van der Waals surface area (Å²) in [7, 11) is 0. The van der Waals surface area contributed by atoms with Crippen LogP contribution in [0.4, 0.5) is 4.79 Å². The molecule has 3 aromatic rings. The molecule has 1 amide bonds. The number of aromatic carboxylic acids is 1. The smallest absolute Gasteiger partial charge is 0.407 e. The lowest BCUT2D eigenvalue weighted by molar-refractivity contribution is 0.0690. The first kappa shape index (κ1) is 19.4. The zero-order valence-electron chi connectivity index (χ0n) is 16.1. The maximum absolute atomic E-state index is 12.1. The number of benzene rings is 2. The molecule has 0 spiro atoms. The molecule has 4 rings (SSSR count). The lowest BCUT2D eigenvalue weighted by atomic mass is 9.98. The third kappa shape index (κ3) is 4.07. The van der Waals surface area contributed by atoms with Gasteiger partial charge in [0.1, 0.15) is 12.3 Å². The minimum atomic E-state index is -1.08. The Morgan fingerprint density at radius 2 is 1.63 bits per heavy atom.